The van der Waals surface area contributed by atoms with Gasteiger partial charge < -0.3 is 10.2 Å². The number of hydrogen-bond acceptors (Lipinski definition) is 4. The van der Waals surface area contributed by atoms with Crippen molar-refractivity contribution in [1.29, 1.82) is 0 Å². The minimum atomic E-state index is -3.07. The Balaban J connectivity index is 1.97. The van der Waals surface area contributed by atoms with Gasteiger partial charge in [0.1, 0.15) is 0 Å². The van der Waals surface area contributed by atoms with Crippen LogP contribution in [0.15, 0.2) is 6.07 Å². The Morgan fingerprint density at radius 2 is 2.23 bits per heavy atom. The second kappa shape index (κ2) is 6.58. The van der Waals surface area contributed by atoms with Crippen molar-refractivity contribution < 1.29 is 13.2 Å². The molecule has 1 saturated heterocycles. The molecule has 1 aliphatic heterocycles. The lowest BCUT2D eigenvalue weighted by Gasteiger charge is -2.20. The van der Waals surface area contributed by atoms with E-state index in [1.807, 2.05) is 6.92 Å². The Morgan fingerprint density at radius 3 is 2.73 bits per heavy atom. The van der Waals surface area contributed by atoms with E-state index in [1.54, 1.807) is 16.2 Å². The molecule has 0 unspecified atom stereocenters. The summed E-state index contributed by atoms with van der Waals surface area (Å²) in [7, 11) is -3.07. The Morgan fingerprint density at radius 1 is 1.55 bits per heavy atom. The number of carbonyl (C=O) groups is 1. The van der Waals surface area contributed by atoms with Gasteiger partial charge in [0.05, 0.1) is 11.3 Å². The molecule has 22 heavy (non-hydrogen) atoms. The fourth-order valence-corrected chi connectivity index (χ4v) is 4.82. The number of nitrogens with one attached hydrogen (secondary N) is 1. The first-order valence-electron chi connectivity index (χ1n) is 7.55. The second-order valence-corrected chi connectivity index (χ2v) is 9.46. The van der Waals surface area contributed by atoms with Crippen LogP contribution in [-0.4, -0.2) is 43.9 Å². The van der Waals surface area contributed by atoms with Gasteiger partial charge in [0.2, 0.25) is 0 Å². The molecule has 0 bridgehead atoms. The van der Waals surface area contributed by atoms with E-state index in [9.17, 15) is 13.2 Å². The van der Waals surface area contributed by atoms with Crippen LogP contribution in [0.4, 0.5) is 4.79 Å². The molecule has 1 N–H and O–H groups in total. The van der Waals surface area contributed by atoms with Gasteiger partial charge in [-0.3, -0.25) is 0 Å². The van der Waals surface area contributed by atoms with E-state index < -0.39 is 15.1 Å². The van der Waals surface area contributed by atoms with Crippen LogP contribution in [0, 0.1) is 6.92 Å². The van der Waals surface area contributed by atoms with Gasteiger partial charge in [-0.25, -0.2) is 13.2 Å². The predicted octanol–water partition coefficient (Wildman–Crippen LogP) is 2.51. The molecule has 2 rings (SSSR count). The maximum absolute atomic E-state index is 12.3. The number of hydrogen-bond donors (Lipinski definition) is 1. The Hall–Kier alpha value is -1.08. The van der Waals surface area contributed by atoms with E-state index >= 15 is 0 Å². The molecule has 1 fully saturated rings. The fraction of sp³-hybridized carbons (Fsp3) is 0.667. The molecule has 0 aliphatic carbocycles. The highest BCUT2D eigenvalue weighted by Crippen LogP contribution is 2.27. The fourth-order valence-electron chi connectivity index (χ4n) is 2.72. The van der Waals surface area contributed by atoms with Gasteiger partial charge in [0.15, 0.2) is 9.84 Å². The van der Waals surface area contributed by atoms with Gasteiger partial charge in [-0.05, 0) is 38.3 Å². The van der Waals surface area contributed by atoms with Crippen LogP contribution in [0.1, 0.15) is 41.6 Å². The van der Waals surface area contributed by atoms with Gasteiger partial charge >= 0.3 is 6.03 Å². The summed E-state index contributed by atoms with van der Waals surface area (Å²) < 4.78 is 23.1. The average Bonchev–Trinajstić information content (AvgIpc) is 3.04. The summed E-state index contributed by atoms with van der Waals surface area (Å²) in [6.45, 7) is 6.97. The van der Waals surface area contributed by atoms with Crippen molar-refractivity contribution in [3.8, 4) is 0 Å². The van der Waals surface area contributed by atoms with Crippen LogP contribution in [0.25, 0.3) is 0 Å². The third kappa shape index (κ3) is 3.81. The number of sulfone groups is 1. The zero-order chi connectivity index (χ0) is 16.5. The van der Waals surface area contributed by atoms with Gasteiger partial charge in [-0.1, -0.05) is 6.92 Å². The summed E-state index contributed by atoms with van der Waals surface area (Å²) in [5, 5.41) is 2.55. The highest BCUT2D eigenvalue weighted by Gasteiger charge is 2.33. The molecule has 5 nitrogen and oxygen atoms in total. The number of likely N-dealkylation sites (tertiary alicyclic amines) is 1. The number of amides is 2. The number of thiophene rings is 1. The Labute approximate surface area is 136 Å². The topological polar surface area (TPSA) is 66.5 Å². The van der Waals surface area contributed by atoms with Gasteiger partial charge in [0.25, 0.3) is 0 Å². The third-order valence-electron chi connectivity index (χ3n) is 4.17. The SMILES string of the molecule is CCc1sc([C@@H](C)NC(=O)N2CC[C@@H](S(C)(=O)=O)C2)cc1C. The van der Waals surface area contributed by atoms with Gasteiger partial charge in [-0.15, -0.1) is 11.3 Å². The van der Waals surface area contributed by atoms with Crippen LogP contribution >= 0.6 is 11.3 Å². The number of urea groups is 1. The molecular formula is C15H24N2O3S2. The van der Waals surface area contributed by atoms with Crippen molar-refractivity contribution in [2.75, 3.05) is 19.3 Å². The molecule has 2 heterocycles. The molecule has 1 aliphatic rings. The van der Waals surface area contributed by atoms with E-state index in [4.69, 9.17) is 0 Å². The molecule has 7 heteroatoms. The van der Waals surface area contributed by atoms with Crippen LogP contribution in [0.2, 0.25) is 0 Å². The third-order valence-corrected chi connectivity index (χ3v) is 7.33. The van der Waals surface area contributed by atoms with Crippen LogP contribution < -0.4 is 5.32 Å². The monoisotopic (exact) mass is 344 g/mol. The lowest BCUT2D eigenvalue weighted by molar-refractivity contribution is 0.205. The minimum absolute atomic E-state index is 0.0613. The average molecular weight is 345 g/mol. The molecule has 0 spiro atoms. The van der Waals surface area contributed by atoms with E-state index in [-0.39, 0.29) is 12.1 Å². The number of rotatable bonds is 4. The van der Waals surface area contributed by atoms with Crippen molar-refractivity contribution in [1.82, 2.24) is 10.2 Å². The molecule has 0 saturated carbocycles. The molecule has 0 aromatic carbocycles. The van der Waals surface area contributed by atoms with Gasteiger partial charge in [-0.2, -0.15) is 0 Å². The maximum atomic E-state index is 12.3. The number of nitrogens with zero attached hydrogens (tertiary/aromatic N) is 1. The maximum Gasteiger partial charge on any atom is 0.317 e. The summed E-state index contributed by atoms with van der Waals surface area (Å²) >= 11 is 1.73. The van der Waals surface area contributed by atoms with Crippen molar-refractivity contribution in [3.63, 3.8) is 0 Å². The normalized spacial score (nSPS) is 20.2. The van der Waals surface area contributed by atoms with Crippen molar-refractivity contribution in [3.05, 3.63) is 21.4 Å². The zero-order valence-electron chi connectivity index (χ0n) is 13.5. The standard InChI is InChI=1S/C15H24N2O3S2/c1-5-13-10(2)8-14(21-13)11(3)16-15(18)17-7-6-12(9-17)22(4,19)20/h8,11-12H,5-7,9H2,1-4H3,(H,16,18)/t11-,12-/m1/s1. The Bertz CT molecular complexity index is 652. The van der Waals surface area contributed by atoms with Crippen LogP contribution in [0.3, 0.4) is 0 Å². The van der Waals surface area contributed by atoms with Crippen LogP contribution in [-0.2, 0) is 16.3 Å². The molecule has 124 valence electrons. The molecule has 2 atom stereocenters. The summed E-state index contributed by atoms with van der Waals surface area (Å²) in [5.41, 5.74) is 1.27. The first kappa shape index (κ1) is 17.3. The molecule has 1 aromatic rings. The summed E-state index contributed by atoms with van der Waals surface area (Å²) in [6, 6.07) is 1.88. The lowest BCUT2D eigenvalue weighted by Crippen LogP contribution is -2.40. The lowest BCUT2D eigenvalue weighted by atomic mass is 10.2. The molecule has 1 aromatic heterocycles. The summed E-state index contributed by atoms with van der Waals surface area (Å²) in [6.07, 6.45) is 2.76. The largest absolute Gasteiger partial charge is 0.331 e. The predicted molar refractivity (Wildman–Crippen MR) is 90.2 cm³/mol. The first-order valence-corrected chi connectivity index (χ1v) is 10.3. The van der Waals surface area contributed by atoms with E-state index in [0.29, 0.717) is 19.5 Å². The molecule has 2 amide bonds. The summed E-state index contributed by atoms with van der Waals surface area (Å²) in [4.78, 5) is 16.4. The van der Waals surface area contributed by atoms with Gasteiger partial charge in [0, 0.05) is 29.1 Å². The van der Waals surface area contributed by atoms with Crippen LogP contribution in [0.5, 0.6) is 0 Å². The van der Waals surface area contributed by atoms with Crippen molar-refractivity contribution in [2.24, 2.45) is 0 Å². The second-order valence-electron chi connectivity index (χ2n) is 5.97. The van der Waals surface area contributed by atoms with E-state index in [0.717, 1.165) is 11.3 Å². The smallest absolute Gasteiger partial charge is 0.317 e. The van der Waals surface area contributed by atoms with E-state index in [1.165, 1.54) is 16.7 Å². The number of aryl methyl sites for hydroxylation is 2. The zero-order valence-corrected chi connectivity index (χ0v) is 15.2. The highest BCUT2D eigenvalue weighted by atomic mass is 32.2. The van der Waals surface area contributed by atoms with Crippen molar-refractivity contribution in [2.45, 2.75) is 44.9 Å². The minimum Gasteiger partial charge on any atom is -0.331 e. The Kier molecular flexibility index (Phi) is 5.17. The quantitative estimate of drug-likeness (QED) is 0.912. The first-order chi connectivity index (χ1) is 10.2. The molecular weight excluding hydrogens is 320 g/mol. The van der Waals surface area contributed by atoms with E-state index in [2.05, 4.69) is 25.2 Å². The molecule has 0 radical (unpaired) electrons. The highest BCUT2D eigenvalue weighted by molar-refractivity contribution is 7.91. The van der Waals surface area contributed by atoms with Crippen molar-refractivity contribution >= 4 is 27.2 Å². The summed E-state index contributed by atoms with van der Waals surface area (Å²) in [5.74, 6) is 0. The number of carbonyl (C=O) groups excluding carboxylic acids is 1.